The zero-order valence-electron chi connectivity index (χ0n) is 12.1. The molecule has 1 heterocycles. The molecule has 1 rings (SSSR count). The van der Waals surface area contributed by atoms with Crippen molar-refractivity contribution < 1.29 is 9.53 Å². The molecule has 1 aliphatic rings. The second-order valence-electron chi connectivity index (χ2n) is 5.95. The van der Waals surface area contributed by atoms with Crippen LogP contribution in [0.1, 0.15) is 60.8 Å². The van der Waals surface area contributed by atoms with Crippen LogP contribution in [0.15, 0.2) is 0 Å². The maximum Gasteiger partial charge on any atom is 0.302 e. The van der Waals surface area contributed by atoms with Gasteiger partial charge in [0.05, 0.1) is 0 Å². The molecule has 0 bridgehead atoms. The quantitative estimate of drug-likeness (QED) is 0.772. The Morgan fingerprint density at radius 2 is 1.94 bits per heavy atom. The van der Waals surface area contributed by atoms with Gasteiger partial charge in [-0.2, -0.15) is 0 Å². The number of carbonyl (C=O) groups is 1. The van der Waals surface area contributed by atoms with Crippen molar-refractivity contribution in [2.45, 2.75) is 78.0 Å². The van der Waals surface area contributed by atoms with E-state index in [0.717, 1.165) is 19.3 Å². The smallest absolute Gasteiger partial charge is 0.302 e. The zero-order chi connectivity index (χ0) is 13.3. The van der Waals surface area contributed by atoms with Gasteiger partial charge in [0.25, 0.3) is 0 Å². The van der Waals surface area contributed by atoms with E-state index in [1.54, 1.807) is 0 Å². The van der Waals surface area contributed by atoms with Crippen LogP contribution in [0.5, 0.6) is 0 Å². The summed E-state index contributed by atoms with van der Waals surface area (Å²) in [7, 11) is 0. The van der Waals surface area contributed by atoms with Crippen LogP contribution in [0.25, 0.3) is 0 Å². The van der Waals surface area contributed by atoms with Crippen LogP contribution in [0, 0.1) is 5.92 Å². The van der Waals surface area contributed by atoms with E-state index in [4.69, 9.17) is 4.74 Å². The first-order valence-corrected chi connectivity index (χ1v) is 6.73. The summed E-state index contributed by atoms with van der Waals surface area (Å²) in [4.78, 5) is 11.2. The van der Waals surface area contributed by atoms with E-state index in [2.05, 4.69) is 39.9 Å². The largest absolute Gasteiger partial charge is 0.462 e. The molecule has 0 spiro atoms. The molecule has 1 fully saturated rings. The topological polar surface area (TPSA) is 38.3 Å². The van der Waals surface area contributed by atoms with E-state index in [1.807, 2.05) is 0 Å². The molecule has 17 heavy (non-hydrogen) atoms. The molecule has 0 aromatic rings. The molecule has 100 valence electrons. The van der Waals surface area contributed by atoms with Crippen molar-refractivity contribution in [2.24, 2.45) is 5.92 Å². The zero-order valence-corrected chi connectivity index (χ0v) is 12.1. The van der Waals surface area contributed by atoms with Gasteiger partial charge in [-0.3, -0.25) is 4.79 Å². The lowest BCUT2D eigenvalue weighted by atomic mass is 9.70. The van der Waals surface area contributed by atoms with Crippen LogP contribution in [-0.4, -0.2) is 23.2 Å². The molecule has 0 amide bonds. The van der Waals surface area contributed by atoms with Gasteiger partial charge < -0.3 is 10.1 Å². The van der Waals surface area contributed by atoms with Gasteiger partial charge in [-0.05, 0) is 26.7 Å². The molecule has 0 aromatic heterocycles. The molecule has 3 heteroatoms. The first-order chi connectivity index (χ1) is 7.76. The summed E-state index contributed by atoms with van der Waals surface area (Å²) in [6, 6.07) is 0. The minimum atomic E-state index is -0.166. The van der Waals surface area contributed by atoms with Crippen LogP contribution in [0.2, 0.25) is 0 Å². The number of nitrogens with one attached hydrogen (secondary N) is 1. The Morgan fingerprint density at radius 1 is 1.35 bits per heavy atom. The van der Waals surface area contributed by atoms with Crippen LogP contribution in [-0.2, 0) is 9.53 Å². The molecular formula is C14H27NO2. The molecule has 0 radical (unpaired) electrons. The van der Waals surface area contributed by atoms with Crippen molar-refractivity contribution >= 4 is 5.97 Å². The summed E-state index contributed by atoms with van der Waals surface area (Å²) in [5, 5.41) is 3.77. The van der Waals surface area contributed by atoms with Gasteiger partial charge in [-0.25, -0.2) is 0 Å². The fourth-order valence-electron chi connectivity index (χ4n) is 2.89. The summed E-state index contributed by atoms with van der Waals surface area (Å²) in [5.74, 6) is 0.177. The number of esters is 1. The van der Waals surface area contributed by atoms with Crippen LogP contribution in [0.3, 0.4) is 0 Å². The van der Waals surface area contributed by atoms with Gasteiger partial charge in [-0.15, -0.1) is 0 Å². The van der Waals surface area contributed by atoms with Gasteiger partial charge in [-0.1, -0.05) is 20.8 Å². The summed E-state index contributed by atoms with van der Waals surface area (Å²) in [6.45, 7) is 12.5. The third-order valence-electron chi connectivity index (χ3n) is 4.63. The second-order valence-corrected chi connectivity index (χ2v) is 5.95. The SMILES string of the molecule is CCC1(C)CC(OC(C)=O)C(C)C(C)(CC)N1. The average Bonchev–Trinajstić information content (AvgIpc) is 2.25. The third kappa shape index (κ3) is 3.01. The van der Waals surface area contributed by atoms with Gasteiger partial charge >= 0.3 is 5.97 Å². The summed E-state index contributed by atoms with van der Waals surface area (Å²) >= 11 is 0. The maximum absolute atomic E-state index is 11.2. The maximum atomic E-state index is 11.2. The van der Waals surface area contributed by atoms with Crippen LogP contribution < -0.4 is 5.32 Å². The van der Waals surface area contributed by atoms with E-state index in [9.17, 15) is 4.79 Å². The summed E-state index contributed by atoms with van der Waals surface area (Å²) in [5.41, 5.74) is 0.112. The first kappa shape index (κ1) is 14.5. The monoisotopic (exact) mass is 241 g/mol. The van der Waals surface area contributed by atoms with Crippen molar-refractivity contribution in [3.05, 3.63) is 0 Å². The normalized spacial score (nSPS) is 42.2. The fraction of sp³-hybridized carbons (Fsp3) is 0.929. The average molecular weight is 241 g/mol. The standard InChI is InChI=1S/C14H27NO2/c1-7-13(5)9-12(17-11(4)16)10(3)14(6,8-2)15-13/h10,12,15H,7-9H2,1-6H3. The van der Waals surface area contributed by atoms with Crippen molar-refractivity contribution in [3.8, 4) is 0 Å². The Labute approximate surface area is 105 Å². The summed E-state index contributed by atoms with van der Waals surface area (Å²) < 4.78 is 5.52. The molecule has 3 nitrogen and oxygen atoms in total. The number of carbonyl (C=O) groups excluding carboxylic acids is 1. The lowest BCUT2D eigenvalue weighted by molar-refractivity contribution is -0.156. The highest BCUT2D eigenvalue weighted by Gasteiger charge is 2.47. The Hall–Kier alpha value is -0.570. The molecule has 1 N–H and O–H groups in total. The van der Waals surface area contributed by atoms with E-state index >= 15 is 0 Å². The number of rotatable bonds is 3. The molecule has 1 saturated heterocycles. The fourth-order valence-corrected chi connectivity index (χ4v) is 2.89. The third-order valence-corrected chi connectivity index (χ3v) is 4.63. The predicted octanol–water partition coefficient (Wildman–Crippen LogP) is 2.88. The Morgan fingerprint density at radius 3 is 2.35 bits per heavy atom. The molecule has 0 aliphatic carbocycles. The molecule has 0 saturated carbocycles. The van der Waals surface area contributed by atoms with Crippen LogP contribution in [0.4, 0.5) is 0 Å². The predicted molar refractivity (Wildman–Crippen MR) is 69.9 cm³/mol. The van der Waals surface area contributed by atoms with E-state index in [0.29, 0.717) is 5.92 Å². The van der Waals surface area contributed by atoms with Gasteiger partial charge in [0.2, 0.25) is 0 Å². The second kappa shape index (κ2) is 4.97. The Bertz CT molecular complexity index is 292. The highest BCUT2D eigenvalue weighted by atomic mass is 16.5. The lowest BCUT2D eigenvalue weighted by Crippen LogP contribution is -2.66. The van der Waals surface area contributed by atoms with Gasteiger partial charge in [0.15, 0.2) is 0 Å². The number of hydrogen-bond donors (Lipinski definition) is 1. The van der Waals surface area contributed by atoms with E-state index in [1.165, 1.54) is 6.92 Å². The Balaban J connectivity index is 2.94. The first-order valence-electron chi connectivity index (χ1n) is 6.73. The number of hydrogen-bond acceptors (Lipinski definition) is 3. The van der Waals surface area contributed by atoms with Gasteiger partial charge in [0.1, 0.15) is 6.10 Å². The highest BCUT2D eigenvalue weighted by molar-refractivity contribution is 5.66. The van der Waals surface area contributed by atoms with Crippen molar-refractivity contribution in [3.63, 3.8) is 0 Å². The van der Waals surface area contributed by atoms with Crippen molar-refractivity contribution in [1.82, 2.24) is 5.32 Å². The minimum absolute atomic E-state index is 0.0312. The molecule has 4 atom stereocenters. The molecule has 0 aromatic carbocycles. The lowest BCUT2D eigenvalue weighted by Gasteiger charge is -2.52. The van der Waals surface area contributed by atoms with Crippen molar-refractivity contribution in [2.75, 3.05) is 0 Å². The molecular weight excluding hydrogens is 214 g/mol. The summed E-state index contributed by atoms with van der Waals surface area (Å²) in [6.07, 6.45) is 3.03. The molecule has 1 aliphatic heterocycles. The van der Waals surface area contributed by atoms with Crippen LogP contribution >= 0.6 is 0 Å². The number of ether oxygens (including phenoxy) is 1. The molecule has 4 unspecified atom stereocenters. The van der Waals surface area contributed by atoms with E-state index < -0.39 is 0 Å². The van der Waals surface area contributed by atoms with E-state index in [-0.39, 0.29) is 23.2 Å². The van der Waals surface area contributed by atoms with Gasteiger partial charge in [0, 0.05) is 30.3 Å². The Kier molecular flexibility index (Phi) is 4.23. The van der Waals surface area contributed by atoms with Crippen molar-refractivity contribution in [1.29, 1.82) is 0 Å². The highest BCUT2D eigenvalue weighted by Crippen LogP contribution is 2.38. The number of piperidine rings is 1. The minimum Gasteiger partial charge on any atom is -0.462 e.